The number of para-hydroxylation sites is 1. The molecule has 1 aromatic carbocycles. The molecule has 1 amide bonds. The van der Waals surface area contributed by atoms with E-state index in [2.05, 4.69) is 25.5 Å². The number of anilines is 1. The van der Waals surface area contributed by atoms with Gasteiger partial charge in [0.1, 0.15) is 11.6 Å². The second-order valence-electron chi connectivity index (χ2n) is 6.86. The van der Waals surface area contributed by atoms with E-state index < -0.39 is 12.7 Å². The summed E-state index contributed by atoms with van der Waals surface area (Å²) in [4.78, 5) is 20.5. The Morgan fingerprint density at radius 2 is 1.85 bits per heavy atom. The standard InChI is InChI=1S/C21H17F3N6OS2/c22-21(23,24)13-30-19(14-6-8-25-9-7-14)28-29-20(30)33-12-16-11-32-18(27-16)10-17(31)26-15-4-2-1-3-5-15/h1-9,11H,10,12-13H2,(H,26,31). The zero-order chi connectivity index (χ0) is 23.3. The third-order valence-electron chi connectivity index (χ3n) is 4.31. The highest BCUT2D eigenvalue weighted by Crippen LogP contribution is 2.30. The van der Waals surface area contributed by atoms with E-state index in [1.54, 1.807) is 29.6 Å². The molecule has 12 heteroatoms. The van der Waals surface area contributed by atoms with Crippen LogP contribution in [0.4, 0.5) is 18.9 Å². The summed E-state index contributed by atoms with van der Waals surface area (Å²) in [5.41, 5.74) is 1.84. The van der Waals surface area contributed by atoms with Crippen molar-refractivity contribution in [2.45, 2.75) is 30.1 Å². The summed E-state index contributed by atoms with van der Waals surface area (Å²) < 4.78 is 40.6. The molecule has 0 bridgehead atoms. The molecule has 0 atom stereocenters. The number of aromatic nitrogens is 5. The molecular weight excluding hydrogens is 473 g/mol. The van der Waals surface area contributed by atoms with Gasteiger partial charge in [-0.1, -0.05) is 30.0 Å². The number of halogens is 3. The van der Waals surface area contributed by atoms with Gasteiger partial charge in [-0.05, 0) is 24.3 Å². The van der Waals surface area contributed by atoms with E-state index in [1.165, 1.54) is 23.7 Å². The van der Waals surface area contributed by atoms with Crippen LogP contribution in [0.1, 0.15) is 10.7 Å². The highest BCUT2D eigenvalue weighted by atomic mass is 32.2. The summed E-state index contributed by atoms with van der Waals surface area (Å²) in [5, 5.41) is 13.3. The van der Waals surface area contributed by atoms with Gasteiger partial charge < -0.3 is 5.32 Å². The molecule has 4 rings (SSSR count). The summed E-state index contributed by atoms with van der Waals surface area (Å²) in [6.45, 7) is -1.21. The minimum atomic E-state index is -4.43. The van der Waals surface area contributed by atoms with Crippen LogP contribution in [0.25, 0.3) is 11.4 Å². The molecule has 0 aliphatic carbocycles. The summed E-state index contributed by atoms with van der Waals surface area (Å²) in [7, 11) is 0. The lowest BCUT2D eigenvalue weighted by Crippen LogP contribution is -2.19. The fourth-order valence-electron chi connectivity index (χ4n) is 2.93. The summed E-state index contributed by atoms with van der Waals surface area (Å²) in [5.74, 6) is 0.221. The minimum Gasteiger partial charge on any atom is -0.326 e. The molecule has 3 heterocycles. The molecule has 4 aromatic rings. The van der Waals surface area contributed by atoms with Crippen molar-refractivity contribution < 1.29 is 18.0 Å². The van der Waals surface area contributed by atoms with Crippen molar-refractivity contribution in [2.75, 3.05) is 5.32 Å². The fraction of sp³-hybridized carbons (Fsp3) is 0.190. The lowest BCUT2D eigenvalue weighted by molar-refractivity contribution is -0.141. The zero-order valence-corrected chi connectivity index (χ0v) is 18.6. The van der Waals surface area contributed by atoms with E-state index in [0.717, 1.165) is 16.3 Å². The number of carbonyl (C=O) groups excluding carboxylic acids is 1. The zero-order valence-electron chi connectivity index (χ0n) is 17.0. The number of hydrogen-bond donors (Lipinski definition) is 1. The lowest BCUT2D eigenvalue weighted by atomic mass is 10.2. The van der Waals surface area contributed by atoms with Crippen molar-refractivity contribution in [3.8, 4) is 11.4 Å². The van der Waals surface area contributed by atoms with Gasteiger partial charge in [0, 0.05) is 34.8 Å². The Balaban J connectivity index is 1.42. The lowest BCUT2D eigenvalue weighted by Gasteiger charge is -2.12. The Kier molecular flexibility index (Phi) is 7.04. The van der Waals surface area contributed by atoms with Crippen LogP contribution in [-0.4, -0.2) is 36.8 Å². The predicted molar refractivity (Wildman–Crippen MR) is 120 cm³/mol. The first-order chi connectivity index (χ1) is 15.9. The Hall–Kier alpha value is -3.25. The summed E-state index contributed by atoms with van der Waals surface area (Å²) in [6, 6.07) is 12.3. The third kappa shape index (κ3) is 6.39. The van der Waals surface area contributed by atoms with Crippen molar-refractivity contribution in [2.24, 2.45) is 0 Å². The quantitative estimate of drug-likeness (QED) is 0.356. The number of thiazole rings is 1. The first-order valence-corrected chi connectivity index (χ1v) is 11.6. The molecular formula is C21H17F3N6OS2. The van der Waals surface area contributed by atoms with Crippen LogP contribution < -0.4 is 5.32 Å². The highest BCUT2D eigenvalue weighted by molar-refractivity contribution is 7.98. The summed E-state index contributed by atoms with van der Waals surface area (Å²) >= 11 is 2.43. The normalized spacial score (nSPS) is 11.5. The van der Waals surface area contributed by atoms with Crippen molar-refractivity contribution in [3.63, 3.8) is 0 Å². The number of amides is 1. The first-order valence-electron chi connectivity index (χ1n) is 9.69. The van der Waals surface area contributed by atoms with E-state index in [-0.39, 0.29) is 23.3 Å². The second kappa shape index (κ2) is 10.1. The van der Waals surface area contributed by atoms with Crippen LogP contribution in [0.2, 0.25) is 0 Å². The first kappa shape index (κ1) is 22.9. The van der Waals surface area contributed by atoms with Crippen LogP contribution in [0.3, 0.4) is 0 Å². The molecule has 0 unspecified atom stereocenters. The molecule has 33 heavy (non-hydrogen) atoms. The number of hydrogen-bond acceptors (Lipinski definition) is 7. The van der Waals surface area contributed by atoms with E-state index in [0.29, 0.717) is 27.7 Å². The molecule has 0 radical (unpaired) electrons. The maximum Gasteiger partial charge on any atom is 0.406 e. The monoisotopic (exact) mass is 490 g/mol. The van der Waals surface area contributed by atoms with Gasteiger partial charge in [0.2, 0.25) is 5.91 Å². The van der Waals surface area contributed by atoms with E-state index in [1.807, 2.05) is 18.2 Å². The van der Waals surface area contributed by atoms with Gasteiger partial charge in [0.15, 0.2) is 11.0 Å². The molecule has 1 N–H and O–H groups in total. The van der Waals surface area contributed by atoms with Crippen LogP contribution >= 0.6 is 23.1 Å². The molecule has 0 spiro atoms. The molecule has 170 valence electrons. The number of rotatable bonds is 8. The fourth-order valence-corrected chi connectivity index (χ4v) is 4.66. The molecule has 0 saturated heterocycles. The van der Waals surface area contributed by atoms with E-state index >= 15 is 0 Å². The van der Waals surface area contributed by atoms with Crippen LogP contribution in [0.15, 0.2) is 65.4 Å². The predicted octanol–water partition coefficient (Wildman–Crippen LogP) is 4.83. The van der Waals surface area contributed by atoms with Gasteiger partial charge in [-0.25, -0.2) is 4.98 Å². The average Bonchev–Trinajstić information content (AvgIpc) is 3.39. The Morgan fingerprint density at radius 1 is 1.09 bits per heavy atom. The molecule has 0 aliphatic heterocycles. The van der Waals surface area contributed by atoms with Gasteiger partial charge in [-0.3, -0.25) is 14.3 Å². The smallest absolute Gasteiger partial charge is 0.326 e. The summed E-state index contributed by atoms with van der Waals surface area (Å²) in [6.07, 6.45) is -1.35. The molecule has 0 saturated carbocycles. The second-order valence-corrected chi connectivity index (χ2v) is 8.74. The molecule has 7 nitrogen and oxygen atoms in total. The number of nitrogens with one attached hydrogen (secondary N) is 1. The van der Waals surface area contributed by atoms with Crippen LogP contribution in [0, 0.1) is 0 Å². The van der Waals surface area contributed by atoms with Crippen molar-refractivity contribution >= 4 is 34.7 Å². The topological polar surface area (TPSA) is 85.6 Å². The van der Waals surface area contributed by atoms with E-state index in [9.17, 15) is 18.0 Å². The number of alkyl halides is 3. The Labute approximate surface area is 195 Å². The van der Waals surface area contributed by atoms with Gasteiger partial charge >= 0.3 is 6.18 Å². The van der Waals surface area contributed by atoms with Gasteiger partial charge in [-0.15, -0.1) is 21.5 Å². The number of pyridine rings is 1. The SMILES string of the molecule is O=C(Cc1nc(CSc2nnc(-c3ccncc3)n2CC(F)(F)F)cs1)Nc1ccccc1. The Bertz CT molecular complexity index is 1210. The van der Waals surface area contributed by atoms with Gasteiger partial charge in [-0.2, -0.15) is 13.2 Å². The highest BCUT2D eigenvalue weighted by Gasteiger charge is 2.31. The van der Waals surface area contributed by atoms with Crippen molar-refractivity contribution in [1.82, 2.24) is 24.7 Å². The maximum absolute atomic E-state index is 13.2. The van der Waals surface area contributed by atoms with Crippen LogP contribution in [-0.2, 0) is 23.5 Å². The average molecular weight is 491 g/mol. The Morgan fingerprint density at radius 3 is 2.58 bits per heavy atom. The third-order valence-corrected chi connectivity index (χ3v) is 6.21. The maximum atomic E-state index is 13.2. The molecule has 0 fully saturated rings. The molecule has 3 aromatic heterocycles. The number of thioether (sulfide) groups is 1. The molecule has 0 aliphatic rings. The number of nitrogens with zero attached hydrogens (tertiary/aromatic N) is 5. The number of benzene rings is 1. The van der Waals surface area contributed by atoms with Gasteiger partial charge in [0.25, 0.3) is 0 Å². The van der Waals surface area contributed by atoms with Gasteiger partial charge in [0.05, 0.1) is 12.1 Å². The number of carbonyl (C=O) groups is 1. The minimum absolute atomic E-state index is 0.112. The van der Waals surface area contributed by atoms with Crippen molar-refractivity contribution in [3.05, 3.63) is 70.9 Å². The van der Waals surface area contributed by atoms with Crippen LogP contribution in [0.5, 0.6) is 0 Å². The van der Waals surface area contributed by atoms with Crippen molar-refractivity contribution in [1.29, 1.82) is 0 Å². The largest absolute Gasteiger partial charge is 0.406 e. The van der Waals surface area contributed by atoms with E-state index in [4.69, 9.17) is 0 Å².